The van der Waals surface area contributed by atoms with E-state index < -0.39 is 125 Å². The van der Waals surface area contributed by atoms with Crippen LogP contribution in [0.15, 0.2) is 30.5 Å². The first kappa shape index (κ1) is 58.3. The van der Waals surface area contributed by atoms with E-state index in [-0.39, 0.29) is 37.3 Å². The summed E-state index contributed by atoms with van der Waals surface area (Å²) in [6.07, 6.45) is -7.46. The maximum absolute atomic E-state index is 14.5. The highest BCUT2D eigenvalue weighted by atomic mass is 16.7. The molecule has 4 heterocycles. The number of ketones is 1. The maximum atomic E-state index is 14.5. The van der Waals surface area contributed by atoms with Gasteiger partial charge in [0.2, 0.25) is 0 Å². The van der Waals surface area contributed by atoms with Crippen LogP contribution in [0.25, 0.3) is 0 Å². The van der Waals surface area contributed by atoms with Crippen molar-refractivity contribution in [3.8, 4) is 0 Å². The molecule has 19 atom stereocenters. The summed E-state index contributed by atoms with van der Waals surface area (Å²) in [6.45, 7) is 17.0. The second-order valence-corrected chi connectivity index (χ2v) is 21.1. The third-order valence-corrected chi connectivity index (χ3v) is 15.7. The van der Waals surface area contributed by atoms with Crippen LogP contribution in [0.4, 0.5) is 5.69 Å². The maximum Gasteiger partial charge on any atom is 0.311 e. The average molecular weight is 1010 g/mol. The van der Waals surface area contributed by atoms with Gasteiger partial charge >= 0.3 is 5.97 Å². The number of Topliss-reactive ketones (excluding diaryl/α,β-unsaturated/α-hetero) is 1. The van der Waals surface area contributed by atoms with Gasteiger partial charge in [-0.15, -0.1) is 5.10 Å². The lowest BCUT2D eigenvalue weighted by molar-refractivity contribution is -0.384. The van der Waals surface area contributed by atoms with Gasteiger partial charge in [-0.1, -0.05) is 45.0 Å². The molecule has 5 rings (SSSR count). The predicted octanol–water partition coefficient (Wildman–Crippen LogP) is 3.33. The third kappa shape index (κ3) is 13.2. The first-order valence-electron chi connectivity index (χ1n) is 24.9. The number of nitro benzene ring substituents is 1. The number of carbonyl (C=O) groups excluding carboxylic acids is 2. The number of aromatic nitrogens is 3. The number of benzene rings is 1. The summed E-state index contributed by atoms with van der Waals surface area (Å²) in [5, 5.41) is 76.7. The van der Waals surface area contributed by atoms with Crippen molar-refractivity contribution >= 4 is 17.4 Å². The number of nitrogens with zero attached hydrogens (tertiary/aromatic N) is 5. The van der Waals surface area contributed by atoms with Crippen LogP contribution >= 0.6 is 0 Å². The summed E-state index contributed by atoms with van der Waals surface area (Å²) in [7, 11) is 4.84. The van der Waals surface area contributed by atoms with Crippen molar-refractivity contribution in [1.29, 1.82) is 0 Å². The Morgan fingerprint density at radius 1 is 0.944 bits per heavy atom. The highest BCUT2D eigenvalue weighted by Crippen LogP contribution is 2.42. The standard InChI is InChI=1S/C50H81N5O16/c1-14-38-50(10,62)43(59)29(4)40(57)27(2)23-49(9,66-13)45(30(5)42(31(6)46(61)69-38)70-39-24-48(8,65-12)44(60)32(7)68-39)71-47-41(58)37(21-28(3)67-47)53(11)20-19-34-25-54(52-51-34)36(26-56)22-33-15-17-35(18-16-33)55(63)64/h15-18,25,27-32,36-39,41-45,47,56,58-60,62H,14,19-24,26H2,1-13H3/t27-,28-,29+,30-,31-,32+,36+,37+,38-,39+,41-,42+,43-,44+,45-,47+,48-,49-,50-/m1/s1. The zero-order valence-corrected chi connectivity index (χ0v) is 43.7. The molecule has 0 radical (unpaired) electrons. The van der Waals surface area contributed by atoms with Gasteiger partial charge in [0.1, 0.15) is 29.7 Å². The van der Waals surface area contributed by atoms with Crippen molar-refractivity contribution in [2.75, 3.05) is 34.4 Å². The Kier molecular flexibility index (Phi) is 19.9. The molecule has 0 spiro atoms. The minimum Gasteiger partial charge on any atom is -0.459 e. The second-order valence-electron chi connectivity index (χ2n) is 21.1. The predicted molar refractivity (Wildman–Crippen MR) is 257 cm³/mol. The average Bonchev–Trinajstić information content (AvgIpc) is 3.82. The zero-order valence-electron chi connectivity index (χ0n) is 43.7. The number of esters is 1. The van der Waals surface area contributed by atoms with Gasteiger partial charge in [0.15, 0.2) is 12.6 Å². The molecule has 0 aliphatic carbocycles. The molecule has 2 aromatic rings. The number of likely N-dealkylation sites (N-methyl/N-ethyl adjacent to an activating group) is 1. The van der Waals surface area contributed by atoms with Crippen LogP contribution in [0.2, 0.25) is 0 Å². The molecule has 5 N–H and O–H groups in total. The number of aliphatic hydroxyl groups is 5. The number of aliphatic hydroxyl groups excluding tert-OH is 4. The van der Waals surface area contributed by atoms with Crippen LogP contribution in [-0.4, -0.2) is 181 Å². The zero-order chi connectivity index (χ0) is 52.9. The number of ether oxygens (including phenoxy) is 7. The molecule has 0 unspecified atom stereocenters. The molecule has 3 saturated heterocycles. The van der Waals surface area contributed by atoms with Gasteiger partial charge in [-0.3, -0.25) is 19.7 Å². The number of hydrogen-bond acceptors (Lipinski definition) is 19. The summed E-state index contributed by atoms with van der Waals surface area (Å²) < 4.78 is 46.2. The molecule has 1 aromatic carbocycles. The van der Waals surface area contributed by atoms with Gasteiger partial charge in [-0.2, -0.15) is 0 Å². The molecule has 402 valence electrons. The van der Waals surface area contributed by atoms with E-state index in [1.807, 2.05) is 25.8 Å². The summed E-state index contributed by atoms with van der Waals surface area (Å²) in [4.78, 5) is 41.4. The summed E-state index contributed by atoms with van der Waals surface area (Å²) in [6, 6.07) is 5.17. The topological polar surface area (TPSA) is 277 Å². The molecule has 0 amide bonds. The van der Waals surface area contributed by atoms with Crippen LogP contribution in [-0.2, 0) is 55.6 Å². The van der Waals surface area contributed by atoms with Crippen molar-refractivity contribution in [1.82, 2.24) is 19.9 Å². The fraction of sp³-hybridized carbons (Fsp3) is 0.800. The van der Waals surface area contributed by atoms with Crippen LogP contribution < -0.4 is 0 Å². The van der Waals surface area contributed by atoms with Gasteiger partial charge < -0.3 is 63.6 Å². The van der Waals surface area contributed by atoms with Crippen LogP contribution in [0, 0.1) is 33.8 Å². The van der Waals surface area contributed by atoms with E-state index in [0.29, 0.717) is 31.5 Å². The Morgan fingerprint density at radius 2 is 1.59 bits per heavy atom. The lowest BCUT2D eigenvalue weighted by Crippen LogP contribution is -2.61. The molecule has 1 aromatic heterocycles. The molecule has 3 aliphatic rings. The quantitative estimate of drug-likeness (QED) is 0.0916. The Morgan fingerprint density at radius 3 is 2.18 bits per heavy atom. The van der Waals surface area contributed by atoms with Gasteiger partial charge in [0.25, 0.3) is 5.69 Å². The molecule has 0 saturated carbocycles. The van der Waals surface area contributed by atoms with E-state index in [9.17, 15) is 45.2 Å². The van der Waals surface area contributed by atoms with Crippen LogP contribution in [0.1, 0.15) is 112 Å². The van der Waals surface area contributed by atoms with Gasteiger partial charge in [-0.25, -0.2) is 4.68 Å². The number of cyclic esters (lactones) is 1. The van der Waals surface area contributed by atoms with Crippen molar-refractivity contribution in [3.05, 3.63) is 51.8 Å². The first-order chi connectivity index (χ1) is 33.2. The Balaban J connectivity index is 1.45. The monoisotopic (exact) mass is 1010 g/mol. The molecule has 21 heteroatoms. The van der Waals surface area contributed by atoms with E-state index in [1.54, 1.807) is 64.6 Å². The number of carbonyl (C=O) groups is 2. The lowest BCUT2D eigenvalue weighted by Gasteiger charge is -2.50. The lowest BCUT2D eigenvalue weighted by atomic mass is 9.74. The highest BCUT2D eigenvalue weighted by molar-refractivity contribution is 5.83. The largest absolute Gasteiger partial charge is 0.459 e. The number of non-ortho nitro benzene ring substituents is 1. The number of hydrogen-bond donors (Lipinski definition) is 5. The van der Waals surface area contributed by atoms with Crippen molar-refractivity contribution in [2.24, 2.45) is 23.7 Å². The summed E-state index contributed by atoms with van der Waals surface area (Å²) in [5.74, 6) is -4.87. The summed E-state index contributed by atoms with van der Waals surface area (Å²) >= 11 is 0. The summed E-state index contributed by atoms with van der Waals surface area (Å²) in [5.41, 5.74) is -3.07. The van der Waals surface area contributed by atoms with Gasteiger partial charge in [0, 0.05) is 75.7 Å². The number of methoxy groups -OCH3 is 2. The fourth-order valence-corrected chi connectivity index (χ4v) is 10.8. The van der Waals surface area contributed by atoms with Crippen molar-refractivity contribution in [2.45, 2.75) is 198 Å². The van der Waals surface area contributed by atoms with Crippen molar-refractivity contribution in [3.63, 3.8) is 0 Å². The van der Waals surface area contributed by atoms with Crippen LogP contribution in [0.3, 0.4) is 0 Å². The van der Waals surface area contributed by atoms with Gasteiger partial charge in [-0.05, 0) is 79.8 Å². The Bertz CT molecular complexity index is 2060. The first-order valence-corrected chi connectivity index (χ1v) is 24.9. The molecular weight excluding hydrogens is 927 g/mol. The molecule has 0 bridgehead atoms. The molecular formula is C50H81N5O16. The highest BCUT2D eigenvalue weighted by Gasteiger charge is 2.54. The van der Waals surface area contributed by atoms with E-state index in [4.69, 9.17) is 33.2 Å². The normalized spacial score (nSPS) is 39.5. The minimum absolute atomic E-state index is 0.0278. The fourth-order valence-electron chi connectivity index (χ4n) is 10.8. The molecule has 21 nitrogen and oxygen atoms in total. The van der Waals surface area contributed by atoms with E-state index >= 15 is 0 Å². The van der Waals surface area contributed by atoms with Crippen LogP contribution in [0.5, 0.6) is 0 Å². The van der Waals surface area contributed by atoms with E-state index in [2.05, 4.69) is 10.3 Å². The molecule has 3 fully saturated rings. The number of rotatable bonds is 16. The molecule has 71 heavy (non-hydrogen) atoms. The Hall–Kier alpha value is -3.58. The van der Waals surface area contributed by atoms with E-state index in [0.717, 1.165) is 5.56 Å². The smallest absolute Gasteiger partial charge is 0.311 e. The molecule has 3 aliphatic heterocycles. The SMILES string of the molecule is CC[C@H]1OC(=O)[C@H](C)[C@@H](O[C@H]2C[C@@](C)(OC)[C@@H](O)[C@H](C)O2)[C@@H](C)[C@@H](O[C@@H]2O[C@H](C)C[C@H](N(C)CCc3cn([C@H](CO)Cc4ccc([N+](=O)[O-])cc4)nn3)[C@H]2O)[C@](C)(OC)C[C@@H](C)C(=O)[C@H](C)[C@@H](O)[C@]1(C)O. The second kappa shape index (κ2) is 24.2. The number of nitro groups is 1. The minimum atomic E-state index is -2.02. The third-order valence-electron chi connectivity index (χ3n) is 15.7. The Labute approximate surface area is 417 Å². The van der Waals surface area contributed by atoms with Gasteiger partial charge in [0.05, 0.1) is 70.9 Å². The van der Waals surface area contributed by atoms with Crippen molar-refractivity contribution < 1.29 is 73.2 Å². The van der Waals surface area contributed by atoms with E-state index in [1.165, 1.54) is 40.2 Å².